The summed E-state index contributed by atoms with van der Waals surface area (Å²) < 4.78 is 0.893. The molecular weight excluding hydrogens is 310 g/mol. The molecule has 0 radical (unpaired) electrons. The number of rotatable bonds is 4. The highest BCUT2D eigenvalue weighted by Crippen LogP contribution is 2.38. The zero-order valence-electron chi connectivity index (χ0n) is 11.3. The first-order chi connectivity index (χ1) is 9.69. The molecule has 3 heterocycles. The van der Waals surface area contributed by atoms with Crippen LogP contribution in [-0.2, 0) is 0 Å². The Kier molecular flexibility index (Phi) is 3.86. The van der Waals surface area contributed by atoms with Gasteiger partial charge in [-0.15, -0.1) is 21.5 Å². The molecule has 0 fully saturated rings. The van der Waals surface area contributed by atoms with Gasteiger partial charge in [-0.05, 0) is 38.1 Å². The van der Waals surface area contributed by atoms with Crippen LogP contribution in [0.4, 0.5) is 5.13 Å². The van der Waals surface area contributed by atoms with Crippen molar-refractivity contribution in [2.75, 3.05) is 11.9 Å². The smallest absolute Gasteiger partial charge is 0.206 e. The van der Waals surface area contributed by atoms with E-state index in [4.69, 9.17) is 0 Å². The number of nitrogens with zero attached hydrogens (tertiary/aromatic N) is 4. The van der Waals surface area contributed by atoms with Crippen molar-refractivity contribution in [3.05, 3.63) is 16.8 Å². The van der Waals surface area contributed by atoms with Crippen LogP contribution in [0.1, 0.15) is 17.4 Å². The Bertz CT molecular complexity index is 749. The minimum Gasteiger partial charge on any atom is -0.360 e. The molecule has 0 spiro atoms. The van der Waals surface area contributed by atoms with Gasteiger partial charge >= 0.3 is 0 Å². The van der Waals surface area contributed by atoms with Crippen LogP contribution in [0.15, 0.2) is 15.7 Å². The minimum absolute atomic E-state index is 0.846. The molecule has 1 N–H and O–H groups in total. The van der Waals surface area contributed by atoms with Crippen LogP contribution in [0, 0.1) is 13.8 Å². The number of anilines is 1. The van der Waals surface area contributed by atoms with Crippen molar-refractivity contribution in [3.63, 3.8) is 0 Å². The van der Waals surface area contributed by atoms with Crippen LogP contribution in [-0.4, -0.2) is 26.7 Å². The standard InChI is InChI=1S/C12H13N5S3/c1-4-13-11-16-17-12(20-11)19-10-8-6(2)7(3)18-9(8)14-5-15-10/h5H,4H2,1-3H3,(H,13,16). The molecule has 0 atom stereocenters. The summed E-state index contributed by atoms with van der Waals surface area (Å²) in [7, 11) is 0. The maximum absolute atomic E-state index is 4.41. The van der Waals surface area contributed by atoms with E-state index in [1.807, 2.05) is 6.92 Å². The lowest BCUT2D eigenvalue weighted by molar-refractivity contribution is 0.997. The maximum Gasteiger partial charge on any atom is 0.206 e. The third kappa shape index (κ3) is 2.50. The molecule has 0 bridgehead atoms. The average molecular weight is 323 g/mol. The van der Waals surface area contributed by atoms with Crippen LogP contribution < -0.4 is 5.32 Å². The number of aromatic nitrogens is 4. The van der Waals surface area contributed by atoms with Gasteiger partial charge in [-0.1, -0.05) is 11.3 Å². The summed E-state index contributed by atoms with van der Waals surface area (Å²) in [5, 5.41) is 14.4. The van der Waals surface area contributed by atoms with Gasteiger partial charge in [-0.25, -0.2) is 9.97 Å². The number of fused-ring (bicyclic) bond motifs is 1. The van der Waals surface area contributed by atoms with Crippen molar-refractivity contribution >= 4 is 49.8 Å². The highest BCUT2D eigenvalue weighted by molar-refractivity contribution is 8.01. The summed E-state index contributed by atoms with van der Waals surface area (Å²) in [5.74, 6) is 0. The lowest BCUT2D eigenvalue weighted by atomic mass is 10.2. The van der Waals surface area contributed by atoms with E-state index < -0.39 is 0 Å². The number of thiophene rings is 1. The molecule has 0 aliphatic carbocycles. The minimum atomic E-state index is 0.846. The van der Waals surface area contributed by atoms with Gasteiger partial charge in [-0.3, -0.25) is 0 Å². The summed E-state index contributed by atoms with van der Waals surface area (Å²) in [6, 6.07) is 0. The van der Waals surface area contributed by atoms with E-state index in [1.54, 1.807) is 40.8 Å². The fourth-order valence-electron chi connectivity index (χ4n) is 1.78. The molecule has 0 amide bonds. The van der Waals surface area contributed by atoms with Crippen LogP contribution >= 0.6 is 34.4 Å². The second kappa shape index (κ2) is 5.63. The van der Waals surface area contributed by atoms with Crippen LogP contribution in [0.25, 0.3) is 10.2 Å². The normalized spacial score (nSPS) is 11.2. The topological polar surface area (TPSA) is 63.6 Å². The third-order valence-electron chi connectivity index (χ3n) is 2.85. The molecule has 0 saturated heterocycles. The van der Waals surface area contributed by atoms with E-state index in [-0.39, 0.29) is 0 Å². The number of hydrogen-bond acceptors (Lipinski definition) is 8. The largest absolute Gasteiger partial charge is 0.360 e. The van der Waals surface area contributed by atoms with E-state index in [1.165, 1.54) is 10.4 Å². The summed E-state index contributed by atoms with van der Waals surface area (Å²) in [4.78, 5) is 11.1. The van der Waals surface area contributed by atoms with Gasteiger partial charge in [-0.2, -0.15) is 0 Å². The van der Waals surface area contributed by atoms with Crippen molar-refractivity contribution in [1.29, 1.82) is 0 Å². The molecule has 0 saturated carbocycles. The SMILES string of the molecule is CCNc1nnc(Sc2ncnc3sc(C)c(C)c23)s1. The first kappa shape index (κ1) is 13.7. The number of aryl methyl sites for hydroxylation is 2. The van der Waals surface area contributed by atoms with Crippen LogP contribution in [0.5, 0.6) is 0 Å². The van der Waals surface area contributed by atoms with Crippen molar-refractivity contribution in [3.8, 4) is 0 Å². The third-order valence-corrected chi connectivity index (χ3v) is 5.90. The van der Waals surface area contributed by atoms with Gasteiger partial charge in [0, 0.05) is 16.8 Å². The van der Waals surface area contributed by atoms with Gasteiger partial charge in [0.2, 0.25) is 5.13 Å². The summed E-state index contributed by atoms with van der Waals surface area (Å²) in [5.41, 5.74) is 1.25. The highest BCUT2D eigenvalue weighted by atomic mass is 32.2. The van der Waals surface area contributed by atoms with Crippen molar-refractivity contribution < 1.29 is 0 Å². The fourth-order valence-corrected chi connectivity index (χ4v) is 4.73. The Morgan fingerprint density at radius 1 is 1.20 bits per heavy atom. The highest BCUT2D eigenvalue weighted by Gasteiger charge is 2.14. The number of nitrogens with one attached hydrogen (secondary N) is 1. The van der Waals surface area contributed by atoms with Gasteiger partial charge in [0.25, 0.3) is 0 Å². The molecule has 3 aromatic heterocycles. The summed E-state index contributed by atoms with van der Waals surface area (Å²) in [6.45, 7) is 7.12. The van der Waals surface area contributed by atoms with Crippen molar-refractivity contribution in [1.82, 2.24) is 20.2 Å². The predicted molar refractivity (Wildman–Crippen MR) is 85.1 cm³/mol. The lowest BCUT2D eigenvalue weighted by Gasteiger charge is -1.99. The lowest BCUT2D eigenvalue weighted by Crippen LogP contribution is -1.94. The van der Waals surface area contributed by atoms with Gasteiger partial charge in [0.1, 0.15) is 16.2 Å². The van der Waals surface area contributed by atoms with Gasteiger partial charge in [0.05, 0.1) is 0 Å². The van der Waals surface area contributed by atoms with Gasteiger partial charge < -0.3 is 5.32 Å². The number of hydrogen-bond donors (Lipinski definition) is 1. The molecule has 3 aromatic rings. The molecule has 104 valence electrons. The van der Waals surface area contributed by atoms with Crippen LogP contribution in [0.3, 0.4) is 0 Å². The maximum atomic E-state index is 4.41. The molecule has 0 aromatic carbocycles. The Labute approximate surface area is 128 Å². The molecule has 5 nitrogen and oxygen atoms in total. The molecular formula is C12H13N5S3. The Hall–Kier alpha value is -1.25. The zero-order chi connectivity index (χ0) is 14.1. The van der Waals surface area contributed by atoms with E-state index in [0.29, 0.717) is 0 Å². The molecule has 0 aliphatic heterocycles. The second-order valence-corrected chi connectivity index (χ2v) is 7.56. The summed E-state index contributed by atoms with van der Waals surface area (Å²) in [6.07, 6.45) is 1.62. The quantitative estimate of drug-likeness (QED) is 0.738. The predicted octanol–water partition coefficient (Wildman–Crippen LogP) is 3.74. The molecule has 20 heavy (non-hydrogen) atoms. The first-order valence-electron chi connectivity index (χ1n) is 6.15. The molecule has 3 rings (SSSR count). The molecule has 0 aliphatic rings. The Morgan fingerprint density at radius 2 is 2.05 bits per heavy atom. The van der Waals surface area contributed by atoms with E-state index >= 15 is 0 Å². The first-order valence-corrected chi connectivity index (χ1v) is 8.60. The Balaban J connectivity index is 1.97. The monoisotopic (exact) mass is 323 g/mol. The molecule has 0 unspecified atom stereocenters. The molecule has 8 heteroatoms. The zero-order valence-corrected chi connectivity index (χ0v) is 13.7. The van der Waals surface area contributed by atoms with Crippen molar-refractivity contribution in [2.24, 2.45) is 0 Å². The van der Waals surface area contributed by atoms with E-state index in [0.717, 1.165) is 31.3 Å². The van der Waals surface area contributed by atoms with Gasteiger partial charge in [0.15, 0.2) is 4.34 Å². The Morgan fingerprint density at radius 3 is 2.85 bits per heavy atom. The van der Waals surface area contributed by atoms with Crippen molar-refractivity contribution in [2.45, 2.75) is 30.1 Å². The van der Waals surface area contributed by atoms with Crippen LogP contribution in [0.2, 0.25) is 0 Å². The van der Waals surface area contributed by atoms with E-state index in [2.05, 4.69) is 39.3 Å². The van der Waals surface area contributed by atoms with E-state index in [9.17, 15) is 0 Å². The average Bonchev–Trinajstić information content (AvgIpc) is 2.97. The fraction of sp³-hybridized carbons (Fsp3) is 0.333. The summed E-state index contributed by atoms with van der Waals surface area (Å²) >= 11 is 4.81. The second-order valence-electron chi connectivity index (χ2n) is 4.15.